The quantitative estimate of drug-likeness (QED) is 0.841. The first-order chi connectivity index (χ1) is 10.1. The van der Waals surface area contributed by atoms with Crippen LogP contribution >= 0.6 is 15.9 Å². The highest BCUT2D eigenvalue weighted by Gasteiger charge is 2.09. The third-order valence-corrected chi connectivity index (χ3v) is 3.37. The largest absolute Gasteiger partial charge is 0.483 e. The number of nitrogens with one attached hydrogen (secondary N) is 1. The van der Waals surface area contributed by atoms with E-state index in [1.165, 1.54) is 0 Å². The molecule has 0 atom stereocenters. The molecule has 0 saturated heterocycles. The smallest absolute Gasteiger partial charge is 0.262 e. The van der Waals surface area contributed by atoms with Gasteiger partial charge in [0.15, 0.2) is 12.9 Å². The lowest BCUT2D eigenvalue weighted by molar-refractivity contribution is -0.118. The highest BCUT2D eigenvalue weighted by atomic mass is 79.9. The van der Waals surface area contributed by atoms with E-state index in [1.807, 2.05) is 25.1 Å². The van der Waals surface area contributed by atoms with Crippen LogP contribution in [0.25, 0.3) is 0 Å². The van der Waals surface area contributed by atoms with Gasteiger partial charge in [0, 0.05) is 10.2 Å². The van der Waals surface area contributed by atoms with Crippen molar-refractivity contribution in [3.05, 3.63) is 58.1 Å². The molecule has 0 radical (unpaired) electrons. The highest BCUT2D eigenvalue weighted by molar-refractivity contribution is 9.10. The van der Waals surface area contributed by atoms with E-state index in [0.717, 1.165) is 16.3 Å². The first kappa shape index (κ1) is 15.3. The lowest BCUT2D eigenvalue weighted by Crippen LogP contribution is -2.20. The number of rotatable bonds is 5. The number of para-hydroxylation sites is 1. The van der Waals surface area contributed by atoms with Gasteiger partial charge in [-0.15, -0.1) is 0 Å². The molecule has 0 bridgehead atoms. The van der Waals surface area contributed by atoms with Gasteiger partial charge in [0.1, 0.15) is 5.75 Å². The molecule has 21 heavy (non-hydrogen) atoms. The van der Waals surface area contributed by atoms with Crippen LogP contribution in [0, 0.1) is 6.92 Å². The number of aldehydes is 1. The fourth-order valence-corrected chi connectivity index (χ4v) is 2.10. The predicted molar refractivity (Wildman–Crippen MR) is 84.8 cm³/mol. The van der Waals surface area contributed by atoms with Crippen molar-refractivity contribution in [2.45, 2.75) is 6.92 Å². The maximum atomic E-state index is 11.8. The lowest BCUT2D eigenvalue weighted by Gasteiger charge is -2.11. The normalized spacial score (nSPS) is 10.0. The molecule has 0 unspecified atom stereocenters. The van der Waals surface area contributed by atoms with Crippen LogP contribution < -0.4 is 10.1 Å². The zero-order valence-electron chi connectivity index (χ0n) is 11.4. The topological polar surface area (TPSA) is 55.4 Å². The third kappa shape index (κ3) is 4.16. The molecule has 0 aliphatic heterocycles. The number of benzene rings is 2. The molecule has 108 valence electrons. The summed E-state index contributed by atoms with van der Waals surface area (Å²) >= 11 is 3.33. The van der Waals surface area contributed by atoms with Gasteiger partial charge in [0.05, 0.1) is 5.56 Å². The van der Waals surface area contributed by atoms with E-state index in [-0.39, 0.29) is 12.5 Å². The first-order valence-electron chi connectivity index (χ1n) is 6.33. The average Bonchev–Trinajstić information content (AvgIpc) is 2.48. The maximum absolute atomic E-state index is 11.8. The van der Waals surface area contributed by atoms with Gasteiger partial charge in [0.2, 0.25) is 0 Å². The van der Waals surface area contributed by atoms with E-state index < -0.39 is 0 Å². The van der Waals surface area contributed by atoms with Crippen molar-refractivity contribution in [1.82, 2.24) is 0 Å². The molecule has 0 aliphatic carbocycles. The third-order valence-electron chi connectivity index (χ3n) is 2.84. The second-order valence-corrected chi connectivity index (χ2v) is 5.37. The summed E-state index contributed by atoms with van der Waals surface area (Å²) in [4.78, 5) is 22.8. The summed E-state index contributed by atoms with van der Waals surface area (Å²) in [7, 11) is 0. The summed E-state index contributed by atoms with van der Waals surface area (Å²) in [5.41, 5.74) is 1.94. The van der Waals surface area contributed by atoms with Crippen molar-refractivity contribution in [3.63, 3.8) is 0 Å². The number of hydrogen-bond donors (Lipinski definition) is 1. The molecule has 0 heterocycles. The Morgan fingerprint density at radius 2 is 1.95 bits per heavy atom. The van der Waals surface area contributed by atoms with Crippen molar-refractivity contribution in [3.8, 4) is 5.75 Å². The number of halogens is 1. The van der Waals surface area contributed by atoms with Crippen molar-refractivity contribution in [2.24, 2.45) is 0 Å². The van der Waals surface area contributed by atoms with Crippen LogP contribution in [0.1, 0.15) is 15.9 Å². The van der Waals surface area contributed by atoms with E-state index in [9.17, 15) is 9.59 Å². The zero-order valence-corrected chi connectivity index (χ0v) is 13.0. The molecule has 0 spiro atoms. The van der Waals surface area contributed by atoms with Crippen molar-refractivity contribution in [1.29, 1.82) is 0 Å². The van der Waals surface area contributed by atoms with Crippen LogP contribution in [0.4, 0.5) is 5.69 Å². The summed E-state index contributed by atoms with van der Waals surface area (Å²) in [6.07, 6.45) is 0.717. The molecule has 1 N–H and O–H groups in total. The average molecular weight is 348 g/mol. The Morgan fingerprint density at radius 1 is 1.24 bits per heavy atom. The molecule has 0 aromatic heterocycles. The van der Waals surface area contributed by atoms with Gasteiger partial charge in [-0.25, -0.2) is 0 Å². The van der Waals surface area contributed by atoms with Gasteiger partial charge in [-0.3, -0.25) is 9.59 Å². The number of amides is 1. The number of hydrogen-bond acceptors (Lipinski definition) is 3. The standard InChI is InChI=1S/C16H14BrNO3/c1-11-3-2-4-12(9-19)16(11)21-10-15(20)18-14-7-5-13(17)6-8-14/h2-9H,10H2,1H3,(H,18,20). The van der Waals surface area contributed by atoms with Crippen LogP contribution in [-0.2, 0) is 4.79 Å². The molecule has 2 aromatic rings. The summed E-state index contributed by atoms with van der Waals surface area (Å²) < 4.78 is 6.40. The van der Waals surface area contributed by atoms with Gasteiger partial charge in [-0.1, -0.05) is 28.1 Å². The van der Waals surface area contributed by atoms with Crippen LogP contribution in [0.15, 0.2) is 46.9 Å². The second kappa shape index (κ2) is 7.04. The van der Waals surface area contributed by atoms with Crippen LogP contribution in [0.3, 0.4) is 0 Å². The number of ether oxygens (including phenoxy) is 1. The summed E-state index contributed by atoms with van der Waals surface area (Å²) in [6.45, 7) is 1.68. The highest BCUT2D eigenvalue weighted by Crippen LogP contribution is 2.21. The van der Waals surface area contributed by atoms with Crippen molar-refractivity contribution in [2.75, 3.05) is 11.9 Å². The molecule has 0 fully saturated rings. The number of carbonyl (C=O) groups excluding carboxylic acids is 2. The van der Waals surface area contributed by atoms with E-state index in [4.69, 9.17) is 4.74 Å². The minimum absolute atomic E-state index is 0.151. The summed E-state index contributed by atoms with van der Waals surface area (Å²) in [5.74, 6) is 0.163. The molecule has 4 nitrogen and oxygen atoms in total. The van der Waals surface area contributed by atoms with E-state index >= 15 is 0 Å². The number of anilines is 1. The van der Waals surface area contributed by atoms with Gasteiger partial charge in [-0.2, -0.15) is 0 Å². The van der Waals surface area contributed by atoms with Crippen LogP contribution in [0.5, 0.6) is 5.75 Å². The molecule has 2 rings (SSSR count). The molecular formula is C16H14BrNO3. The zero-order chi connectivity index (χ0) is 15.2. The fraction of sp³-hybridized carbons (Fsp3) is 0.125. The minimum Gasteiger partial charge on any atom is -0.483 e. The summed E-state index contributed by atoms with van der Waals surface area (Å²) in [5, 5.41) is 2.72. The van der Waals surface area contributed by atoms with E-state index in [1.54, 1.807) is 24.3 Å². The molecule has 2 aromatic carbocycles. The first-order valence-corrected chi connectivity index (χ1v) is 7.12. The predicted octanol–water partition coefficient (Wildman–Crippen LogP) is 3.59. The van der Waals surface area contributed by atoms with Gasteiger partial charge < -0.3 is 10.1 Å². The Balaban J connectivity index is 1.98. The SMILES string of the molecule is Cc1cccc(C=O)c1OCC(=O)Nc1ccc(Br)cc1. The monoisotopic (exact) mass is 347 g/mol. The molecule has 0 saturated carbocycles. The Bertz CT molecular complexity index is 653. The van der Waals surface area contributed by atoms with Gasteiger partial charge >= 0.3 is 0 Å². The summed E-state index contributed by atoms with van der Waals surface area (Å²) in [6, 6.07) is 12.5. The molecular weight excluding hydrogens is 334 g/mol. The number of aryl methyl sites for hydroxylation is 1. The Hall–Kier alpha value is -2.14. The van der Waals surface area contributed by atoms with Crippen molar-refractivity contribution < 1.29 is 14.3 Å². The second-order valence-electron chi connectivity index (χ2n) is 4.45. The Morgan fingerprint density at radius 3 is 2.62 bits per heavy atom. The van der Waals surface area contributed by atoms with Gasteiger partial charge in [-0.05, 0) is 42.8 Å². The fourth-order valence-electron chi connectivity index (χ4n) is 1.83. The van der Waals surface area contributed by atoms with Crippen LogP contribution in [0.2, 0.25) is 0 Å². The maximum Gasteiger partial charge on any atom is 0.262 e. The molecule has 5 heteroatoms. The van der Waals surface area contributed by atoms with Crippen LogP contribution in [-0.4, -0.2) is 18.8 Å². The number of carbonyl (C=O) groups is 2. The molecule has 1 amide bonds. The van der Waals surface area contributed by atoms with E-state index in [2.05, 4.69) is 21.2 Å². The molecule has 0 aliphatic rings. The lowest BCUT2D eigenvalue weighted by atomic mass is 10.1. The minimum atomic E-state index is -0.280. The van der Waals surface area contributed by atoms with Crippen molar-refractivity contribution >= 4 is 33.8 Å². The Labute approximate surface area is 131 Å². The van der Waals surface area contributed by atoms with Gasteiger partial charge in [0.25, 0.3) is 5.91 Å². The van der Waals surface area contributed by atoms with E-state index in [0.29, 0.717) is 17.0 Å². The Kier molecular flexibility index (Phi) is 5.11.